The number of benzene rings is 1. The van der Waals surface area contributed by atoms with Crippen molar-refractivity contribution < 1.29 is 17.9 Å². The molecule has 0 aliphatic carbocycles. The van der Waals surface area contributed by atoms with E-state index >= 15 is 0 Å². The van der Waals surface area contributed by atoms with Crippen molar-refractivity contribution in [2.45, 2.75) is 12.1 Å². The number of hydrogen-bond acceptors (Lipinski definition) is 5. The highest BCUT2D eigenvalue weighted by Crippen LogP contribution is 2.37. The standard InChI is InChI=1S/C13H14N2O4S2/c16-21(17)6-9-10(7-21)15(13(20)14-9)8-1-2-11-12(5-8)19-4-3-18-11/h1-2,5,9-10H,3-4,6-7H2,(H,14,20)/t9-,10-/m1/s1. The number of nitrogens with one attached hydrogen (secondary N) is 1. The first-order valence-corrected chi connectivity index (χ1v) is 8.96. The molecular formula is C13H14N2O4S2. The van der Waals surface area contributed by atoms with Crippen molar-refractivity contribution in [1.29, 1.82) is 0 Å². The van der Waals surface area contributed by atoms with Crippen molar-refractivity contribution in [3.8, 4) is 11.5 Å². The highest BCUT2D eigenvalue weighted by Gasteiger charge is 2.47. The van der Waals surface area contributed by atoms with E-state index in [1.807, 2.05) is 23.1 Å². The second-order valence-electron chi connectivity index (χ2n) is 5.40. The Labute approximate surface area is 127 Å². The summed E-state index contributed by atoms with van der Waals surface area (Å²) in [6.07, 6.45) is 0. The largest absolute Gasteiger partial charge is 0.486 e. The molecule has 3 aliphatic heterocycles. The fourth-order valence-corrected chi connectivity index (χ4v) is 5.37. The summed E-state index contributed by atoms with van der Waals surface area (Å²) in [5.41, 5.74) is 0.835. The summed E-state index contributed by atoms with van der Waals surface area (Å²) in [5.74, 6) is 1.64. The number of ether oxygens (including phenoxy) is 2. The minimum Gasteiger partial charge on any atom is -0.486 e. The molecule has 0 spiro atoms. The molecule has 6 nitrogen and oxygen atoms in total. The van der Waals surface area contributed by atoms with Gasteiger partial charge in [-0.1, -0.05) is 0 Å². The number of hydrogen-bond donors (Lipinski definition) is 1. The van der Waals surface area contributed by atoms with Crippen LogP contribution in [0.25, 0.3) is 0 Å². The minimum atomic E-state index is -3.01. The lowest BCUT2D eigenvalue weighted by molar-refractivity contribution is 0.171. The normalized spacial score (nSPS) is 29.1. The third-order valence-electron chi connectivity index (χ3n) is 3.99. The number of nitrogens with zero attached hydrogens (tertiary/aromatic N) is 1. The van der Waals surface area contributed by atoms with Crippen LogP contribution in [0.4, 0.5) is 5.69 Å². The van der Waals surface area contributed by atoms with Crippen molar-refractivity contribution in [1.82, 2.24) is 5.32 Å². The highest BCUT2D eigenvalue weighted by molar-refractivity contribution is 7.91. The van der Waals surface area contributed by atoms with Gasteiger partial charge in [-0.15, -0.1) is 0 Å². The van der Waals surface area contributed by atoms with E-state index in [1.165, 1.54) is 0 Å². The van der Waals surface area contributed by atoms with Gasteiger partial charge in [0.2, 0.25) is 0 Å². The number of rotatable bonds is 1. The number of anilines is 1. The number of thiocarbonyl (C=S) groups is 1. The van der Waals surface area contributed by atoms with Gasteiger partial charge in [-0.2, -0.15) is 0 Å². The van der Waals surface area contributed by atoms with Gasteiger partial charge in [0, 0.05) is 11.8 Å². The zero-order valence-corrected chi connectivity index (χ0v) is 12.7. The maximum atomic E-state index is 11.8. The van der Waals surface area contributed by atoms with Gasteiger partial charge in [-0.3, -0.25) is 0 Å². The van der Waals surface area contributed by atoms with Gasteiger partial charge in [-0.05, 0) is 24.4 Å². The van der Waals surface area contributed by atoms with Crippen molar-refractivity contribution in [3.05, 3.63) is 18.2 Å². The number of fused-ring (bicyclic) bond motifs is 2. The van der Waals surface area contributed by atoms with Crippen LogP contribution >= 0.6 is 12.2 Å². The molecule has 112 valence electrons. The van der Waals surface area contributed by atoms with Crippen LogP contribution in [0.1, 0.15) is 0 Å². The fraction of sp³-hybridized carbons (Fsp3) is 0.462. The van der Waals surface area contributed by atoms with Gasteiger partial charge in [0.15, 0.2) is 26.4 Å². The van der Waals surface area contributed by atoms with E-state index in [1.54, 1.807) is 0 Å². The predicted octanol–water partition coefficient (Wildman–Crippen LogP) is 0.318. The lowest BCUT2D eigenvalue weighted by Gasteiger charge is -2.25. The molecule has 2 fully saturated rings. The van der Waals surface area contributed by atoms with E-state index < -0.39 is 9.84 Å². The number of sulfone groups is 1. The summed E-state index contributed by atoms with van der Waals surface area (Å²) in [5, 5.41) is 3.67. The Hall–Kier alpha value is -1.54. The molecule has 0 unspecified atom stereocenters. The van der Waals surface area contributed by atoms with Crippen LogP contribution in [0.3, 0.4) is 0 Å². The first-order valence-electron chi connectivity index (χ1n) is 6.73. The van der Waals surface area contributed by atoms with Crippen molar-refractivity contribution in [2.24, 2.45) is 0 Å². The van der Waals surface area contributed by atoms with E-state index in [0.29, 0.717) is 29.8 Å². The summed E-state index contributed by atoms with van der Waals surface area (Å²) in [6, 6.07) is 5.30. The first-order chi connectivity index (χ1) is 10.0. The Morgan fingerprint density at radius 3 is 2.76 bits per heavy atom. The Morgan fingerprint density at radius 1 is 1.19 bits per heavy atom. The van der Waals surface area contributed by atoms with Gasteiger partial charge in [0.1, 0.15) is 13.2 Å². The van der Waals surface area contributed by atoms with Gasteiger partial charge in [0.05, 0.1) is 23.6 Å². The third kappa shape index (κ3) is 2.13. The lowest BCUT2D eigenvalue weighted by atomic mass is 10.1. The fourth-order valence-electron chi connectivity index (χ4n) is 3.09. The summed E-state index contributed by atoms with van der Waals surface area (Å²) >= 11 is 5.35. The SMILES string of the molecule is O=S1(=O)C[C@@H]2[C@@H](C1)NC(=S)N2c1ccc2c(c1)OCCO2. The zero-order valence-electron chi connectivity index (χ0n) is 11.1. The molecular weight excluding hydrogens is 312 g/mol. The maximum Gasteiger partial charge on any atom is 0.174 e. The molecule has 0 radical (unpaired) electrons. The topological polar surface area (TPSA) is 67.9 Å². The van der Waals surface area contributed by atoms with Gasteiger partial charge < -0.3 is 19.7 Å². The molecule has 2 saturated heterocycles. The molecule has 3 heterocycles. The van der Waals surface area contributed by atoms with E-state index in [-0.39, 0.29) is 23.6 Å². The highest BCUT2D eigenvalue weighted by atomic mass is 32.2. The molecule has 4 rings (SSSR count). The van der Waals surface area contributed by atoms with Crippen molar-refractivity contribution >= 4 is 32.9 Å². The Bertz CT molecular complexity index is 719. The van der Waals surface area contributed by atoms with Crippen LogP contribution in [0.15, 0.2) is 18.2 Å². The minimum absolute atomic E-state index is 0.124. The quantitative estimate of drug-likeness (QED) is 0.745. The van der Waals surface area contributed by atoms with Crippen LogP contribution in [0.2, 0.25) is 0 Å². The summed E-state index contributed by atoms with van der Waals surface area (Å²) < 4.78 is 34.7. The molecule has 0 amide bonds. The second kappa shape index (κ2) is 4.48. The average Bonchev–Trinajstić information content (AvgIpc) is 2.88. The molecule has 1 aromatic carbocycles. The zero-order chi connectivity index (χ0) is 14.6. The molecule has 0 aromatic heterocycles. The van der Waals surface area contributed by atoms with Crippen LogP contribution in [0.5, 0.6) is 11.5 Å². The second-order valence-corrected chi connectivity index (χ2v) is 7.94. The molecule has 8 heteroatoms. The summed E-state index contributed by atoms with van der Waals surface area (Å²) in [6.45, 7) is 1.05. The molecule has 0 bridgehead atoms. The summed E-state index contributed by atoms with van der Waals surface area (Å²) in [4.78, 5) is 1.88. The van der Waals surface area contributed by atoms with Gasteiger partial charge in [-0.25, -0.2) is 8.42 Å². The monoisotopic (exact) mass is 326 g/mol. The van der Waals surface area contributed by atoms with E-state index in [9.17, 15) is 8.42 Å². The van der Waals surface area contributed by atoms with Crippen LogP contribution in [-0.4, -0.2) is 50.3 Å². The maximum absolute atomic E-state index is 11.8. The Kier molecular flexibility index (Phi) is 2.80. The molecule has 3 aliphatic rings. The first kappa shape index (κ1) is 13.1. The third-order valence-corrected chi connectivity index (χ3v) is 6.02. The molecule has 1 aromatic rings. The van der Waals surface area contributed by atoms with Crippen molar-refractivity contribution in [2.75, 3.05) is 29.6 Å². The van der Waals surface area contributed by atoms with E-state index in [0.717, 1.165) is 5.69 Å². The van der Waals surface area contributed by atoms with E-state index in [4.69, 9.17) is 21.7 Å². The van der Waals surface area contributed by atoms with Gasteiger partial charge in [0.25, 0.3) is 0 Å². The Morgan fingerprint density at radius 2 is 1.95 bits per heavy atom. The lowest BCUT2D eigenvalue weighted by Crippen LogP contribution is -2.36. The van der Waals surface area contributed by atoms with Crippen molar-refractivity contribution in [3.63, 3.8) is 0 Å². The smallest absolute Gasteiger partial charge is 0.174 e. The Balaban J connectivity index is 1.70. The van der Waals surface area contributed by atoms with Crippen LogP contribution in [-0.2, 0) is 9.84 Å². The van der Waals surface area contributed by atoms with Gasteiger partial charge >= 0.3 is 0 Å². The van der Waals surface area contributed by atoms with Crippen LogP contribution < -0.4 is 19.7 Å². The molecule has 1 N–H and O–H groups in total. The molecule has 0 saturated carbocycles. The van der Waals surface area contributed by atoms with Crippen LogP contribution in [0, 0.1) is 0 Å². The molecule has 21 heavy (non-hydrogen) atoms. The molecule has 2 atom stereocenters. The average molecular weight is 326 g/mol. The predicted molar refractivity (Wildman–Crippen MR) is 81.9 cm³/mol. The van der Waals surface area contributed by atoms with E-state index in [2.05, 4.69) is 5.32 Å². The summed E-state index contributed by atoms with van der Waals surface area (Å²) in [7, 11) is -3.01.